The Labute approximate surface area is 147 Å². The van der Waals surface area contributed by atoms with Crippen LogP contribution >= 0.6 is 11.8 Å². The van der Waals surface area contributed by atoms with Crippen LogP contribution in [0.1, 0.15) is 27.9 Å². The number of benzene rings is 2. The molecule has 1 aromatic heterocycles. The van der Waals surface area contributed by atoms with Crippen molar-refractivity contribution in [3.63, 3.8) is 0 Å². The highest BCUT2D eigenvalue weighted by Crippen LogP contribution is 2.24. The van der Waals surface area contributed by atoms with Gasteiger partial charge in [-0.05, 0) is 25.0 Å². The molecule has 0 fully saturated rings. The van der Waals surface area contributed by atoms with Crippen molar-refractivity contribution in [1.82, 2.24) is 9.55 Å². The number of aliphatic hydroxyl groups excluding tert-OH is 1. The van der Waals surface area contributed by atoms with Gasteiger partial charge >= 0.3 is 0 Å². The molecule has 1 heterocycles. The summed E-state index contributed by atoms with van der Waals surface area (Å²) < 4.78 is 2.10. The molecule has 0 saturated carbocycles. The molecular formula is C20H22N2OS. The Kier molecular flexibility index (Phi) is 5.38. The SMILES string of the molecule is Cc1ccc(CSc2ncc(CO)n2Cc2cccc(C)c2)cc1. The molecular weight excluding hydrogens is 316 g/mol. The Morgan fingerprint density at radius 2 is 1.79 bits per heavy atom. The fourth-order valence-electron chi connectivity index (χ4n) is 2.63. The first-order valence-electron chi connectivity index (χ1n) is 8.05. The zero-order chi connectivity index (χ0) is 16.9. The number of imidazole rings is 1. The van der Waals surface area contributed by atoms with Crippen LogP contribution in [0.2, 0.25) is 0 Å². The summed E-state index contributed by atoms with van der Waals surface area (Å²) in [5, 5.41) is 10.6. The van der Waals surface area contributed by atoms with Crippen molar-refractivity contribution in [2.75, 3.05) is 0 Å². The van der Waals surface area contributed by atoms with E-state index in [0.717, 1.165) is 23.1 Å². The molecule has 2 aromatic carbocycles. The number of hydrogen-bond donors (Lipinski definition) is 1. The minimum absolute atomic E-state index is 0.00388. The van der Waals surface area contributed by atoms with Crippen molar-refractivity contribution in [3.8, 4) is 0 Å². The van der Waals surface area contributed by atoms with Crippen LogP contribution in [0.5, 0.6) is 0 Å². The number of rotatable bonds is 6. The van der Waals surface area contributed by atoms with Gasteiger partial charge in [0.05, 0.1) is 18.5 Å². The summed E-state index contributed by atoms with van der Waals surface area (Å²) >= 11 is 1.71. The predicted molar refractivity (Wildman–Crippen MR) is 99.2 cm³/mol. The molecule has 0 unspecified atom stereocenters. The molecule has 0 spiro atoms. The molecule has 0 aliphatic carbocycles. The molecule has 0 saturated heterocycles. The van der Waals surface area contributed by atoms with Crippen LogP contribution in [0.15, 0.2) is 59.9 Å². The maximum atomic E-state index is 9.61. The third kappa shape index (κ3) is 4.08. The van der Waals surface area contributed by atoms with Gasteiger partial charge < -0.3 is 9.67 Å². The molecule has 0 radical (unpaired) electrons. The summed E-state index contributed by atoms with van der Waals surface area (Å²) in [4.78, 5) is 4.50. The Hall–Kier alpha value is -2.04. The van der Waals surface area contributed by atoms with E-state index in [4.69, 9.17) is 0 Å². The van der Waals surface area contributed by atoms with Crippen LogP contribution in [-0.4, -0.2) is 14.7 Å². The lowest BCUT2D eigenvalue weighted by Crippen LogP contribution is -2.06. The molecule has 0 aliphatic heterocycles. The highest BCUT2D eigenvalue weighted by atomic mass is 32.2. The van der Waals surface area contributed by atoms with E-state index in [1.54, 1.807) is 18.0 Å². The van der Waals surface area contributed by atoms with E-state index >= 15 is 0 Å². The standard InChI is InChI=1S/C20H22N2OS/c1-15-6-8-17(9-7-15)14-24-20-21-11-19(13-23)22(20)12-18-5-3-4-16(2)10-18/h3-11,23H,12-14H2,1-2H3. The Morgan fingerprint density at radius 3 is 2.50 bits per heavy atom. The van der Waals surface area contributed by atoms with Gasteiger partial charge in [-0.15, -0.1) is 0 Å². The Balaban J connectivity index is 1.78. The van der Waals surface area contributed by atoms with E-state index in [0.29, 0.717) is 0 Å². The van der Waals surface area contributed by atoms with Crippen molar-refractivity contribution < 1.29 is 5.11 Å². The molecule has 24 heavy (non-hydrogen) atoms. The zero-order valence-electron chi connectivity index (χ0n) is 14.1. The lowest BCUT2D eigenvalue weighted by molar-refractivity contribution is 0.270. The summed E-state index contributed by atoms with van der Waals surface area (Å²) in [6.07, 6.45) is 1.77. The number of thioether (sulfide) groups is 1. The normalized spacial score (nSPS) is 11.0. The van der Waals surface area contributed by atoms with E-state index < -0.39 is 0 Å². The topological polar surface area (TPSA) is 38.1 Å². The van der Waals surface area contributed by atoms with E-state index in [1.807, 2.05) is 0 Å². The van der Waals surface area contributed by atoms with Crippen molar-refractivity contribution >= 4 is 11.8 Å². The summed E-state index contributed by atoms with van der Waals surface area (Å²) in [5.41, 5.74) is 5.86. The quantitative estimate of drug-likeness (QED) is 0.680. The van der Waals surface area contributed by atoms with Gasteiger partial charge in [-0.1, -0.05) is 71.4 Å². The molecule has 0 bridgehead atoms. The lowest BCUT2D eigenvalue weighted by Gasteiger charge is -2.11. The summed E-state index contributed by atoms with van der Waals surface area (Å²) in [7, 11) is 0. The number of aromatic nitrogens is 2. The molecule has 124 valence electrons. The van der Waals surface area contributed by atoms with E-state index in [9.17, 15) is 5.11 Å². The average Bonchev–Trinajstić information content (AvgIpc) is 2.96. The van der Waals surface area contributed by atoms with E-state index in [2.05, 4.69) is 71.9 Å². The summed E-state index contributed by atoms with van der Waals surface area (Å²) in [5.74, 6) is 0.871. The fraction of sp³-hybridized carbons (Fsp3) is 0.250. The van der Waals surface area contributed by atoms with E-state index in [-0.39, 0.29) is 6.61 Å². The summed E-state index contributed by atoms with van der Waals surface area (Å²) in [6.45, 7) is 4.92. The first-order chi connectivity index (χ1) is 11.7. The molecule has 3 aromatic rings. The number of nitrogens with zero attached hydrogens (tertiary/aromatic N) is 2. The van der Waals surface area contributed by atoms with Crippen molar-refractivity contribution in [2.45, 2.75) is 37.9 Å². The van der Waals surface area contributed by atoms with Crippen molar-refractivity contribution in [2.24, 2.45) is 0 Å². The first kappa shape index (κ1) is 16.8. The van der Waals surface area contributed by atoms with Gasteiger partial charge in [-0.3, -0.25) is 0 Å². The van der Waals surface area contributed by atoms with Crippen molar-refractivity contribution in [1.29, 1.82) is 0 Å². The largest absolute Gasteiger partial charge is 0.390 e. The van der Waals surface area contributed by atoms with Crippen LogP contribution in [0, 0.1) is 13.8 Å². The van der Waals surface area contributed by atoms with Crippen LogP contribution in [-0.2, 0) is 18.9 Å². The second kappa shape index (κ2) is 7.69. The number of aryl methyl sites for hydroxylation is 2. The maximum Gasteiger partial charge on any atom is 0.168 e. The first-order valence-corrected chi connectivity index (χ1v) is 9.03. The third-order valence-electron chi connectivity index (χ3n) is 3.98. The van der Waals surface area contributed by atoms with Crippen LogP contribution < -0.4 is 0 Å². The average molecular weight is 338 g/mol. The third-order valence-corrected chi connectivity index (χ3v) is 5.04. The van der Waals surface area contributed by atoms with Gasteiger partial charge in [-0.25, -0.2) is 4.98 Å². The highest BCUT2D eigenvalue weighted by molar-refractivity contribution is 7.98. The minimum Gasteiger partial charge on any atom is -0.390 e. The molecule has 1 N–H and O–H groups in total. The van der Waals surface area contributed by atoms with E-state index in [1.165, 1.54) is 22.3 Å². The molecule has 3 rings (SSSR count). The molecule has 0 aliphatic rings. The summed E-state index contributed by atoms with van der Waals surface area (Å²) in [6, 6.07) is 17.0. The highest BCUT2D eigenvalue weighted by Gasteiger charge is 2.11. The molecule has 4 heteroatoms. The zero-order valence-corrected chi connectivity index (χ0v) is 14.9. The second-order valence-electron chi connectivity index (χ2n) is 6.04. The Bertz CT molecular complexity index is 809. The van der Waals surface area contributed by atoms with Gasteiger partial charge in [0.15, 0.2) is 5.16 Å². The fourth-order valence-corrected chi connectivity index (χ4v) is 3.58. The van der Waals surface area contributed by atoms with Gasteiger partial charge in [0, 0.05) is 12.3 Å². The molecule has 3 nitrogen and oxygen atoms in total. The second-order valence-corrected chi connectivity index (χ2v) is 6.98. The van der Waals surface area contributed by atoms with Crippen molar-refractivity contribution in [3.05, 3.63) is 82.7 Å². The van der Waals surface area contributed by atoms with Crippen LogP contribution in [0.4, 0.5) is 0 Å². The monoisotopic (exact) mass is 338 g/mol. The molecule has 0 atom stereocenters. The predicted octanol–water partition coefficient (Wildman–Crippen LogP) is 4.33. The maximum absolute atomic E-state index is 9.61. The van der Waals surface area contributed by atoms with Crippen LogP contribution in [0.3, 0.4) is 0 Å². The van der Waals surface area contributed by atoms with Gasteiger partial charge in [-0.2, -0.15) is 0 Å². The lowest BCUT2D eigenvalue weighted by atomic mass is 10.1. The number of hydrogen-bond acceptors (Lipinski definition) is 3. The Morgan fingerprint density at radius 1 is 1.00 bits per heavy atom. The minimum atomic E-state index is 0.00388. The molecule has 0 amide bonds. The number of aliphatic hydroxyl groups is 1. The smallest absolute Gasteiger partial charge is 0.168 e. The van der Waals surface area contributed by atoms with Gasteiger partial charge in [0.2, 0.25) is 0 Å². The van der Waals surface area contributed by atoms with Gasteiger partial charge in [0.25, 0.3) is 0 Å². The van der Waals surface area contributed by atoms with Gasteiger partial charge in [0.1, 0.15) is 0 Å². The van der Waals surface area contributed by atoms with Crippen LogP contribution in [0.25, 0.3) is 0 Å².